The number of hydrogen-bond donors (Lipinski definition) is 1. The first-order chi connectivity index (χ1) is 8.85. The first-order valence-corrected chi connectivity index (χ1v) is 7.81. The summed E-state index contributed by atoms with van der Waals surface area (Å²) >= 11 is 1.90. The van der Waals surface area contributed by atoms with E-state index < -0.39 is 0 Å². The Labute approximate surface area is 113 Å². The molecule has 0 bridgehead atoms. The standard InChI is InChI=1S/C15H20N2S/c1-3-16-14(8-10-18-2)13-7-6-12-5-4-9-17-15(12)11-13/h4-7,9,11,14,16H,3,8,10H2,1-2H3. The molecule has 96 valence electrons. The fourth-order valence-corrected chi connectivity index (χ4v) is 2.64. The van der Waals surface area contributed by atoms with Crippen molar-refractivity contribution in [3.05, 3.63) is 42.1 Å². The van der Waals surface area contributed by atoms with Crippen molar-refractivity contribution in [3.63, 3.8) is 0 Å². The second-order valence-corrected chi connectivity index (χ2v) is 5.33. The highest BCUT2D eigenvalue weighted by atomic mass is 32.2. The smallest absolute Gasteiger partial charge is 0.0705 e. The van der Waals surface area contributed by atoms with E-state index in [1.165, 1.54) is 16.7 Å². The van der Waals surface area contributed by atoms with E-state index in [1.807, 2.05) is 24.0 Å². The second kappa shape index (κ2) is 6.76. The van der Waals surface area contributed by atoms with Gasteiger partial charge in [0.1, 0.15) is 0 Å². The zero-order valence-electron chi connectivity index (χ0n) is 11.0. The number of pyridine rings is 1. The first-order valence-electron chi connectivity index (χ1n) is 6.42. The van der Waals surface area contributed by atoms with Crippen molar-refractivity contribution in [2.24, 2.45) is 0 Å². The van der Waals surface area contributed by atoms with E-state index in [0.29, 0.717) is 6.04 Å². The number of rotatable bonds is 6. The number of benzene rings is 1. The molecule has 0 aliphatic heterocycles. The van der Waals surface area contributed by atoms with Gasteiger partial charge in [-0.1, -0.05) is 25.1 Å². The fraction of sp³-hybridized carbons (Fsp3) is 0.400. The van der Waals surface area contributed by atoms with Crippen molar-refractivity contribution in [2.45, 2.75) is 19.4 Å². The topological polar surface area (TPSA) is 24.9 Å². The van der Waals surface area contributed by atoms with Gasteiger partial charge in [0.15, 0.2) is 0 Å². The van der Waals surface area contributed by atoms with E-state index in [4.69, 9.17) is 0 Å². The molecule has 0 spiro atoms. The molecule has 0 radical (unpaired) electrons. The molecule has 2 aromatic rings. The number of aromatic nitrogens is 1. The summed E-state index contributed by atoms with van der Waals surface area (Å²) in [5, 5.41) is 4.77. The van der Waals surface area contributed by atoms with E-state index in [0.717, 1.165) is 18.5 Å². The van der Waals surface area contributed by atoms with Crippen LogP contribution in [0.3, 0.4) is 0 Å². The van der Waals surface area contributed by atoms with Crippen LogP contribution in [-0.2, 0) is 0 Å². The van der Waals surface area contributed by atoms with Crippen molar-refractivity contribution < 1.29 is 0 Å². The molecule has 1 unspecified atom stereocenters. The maximum atomic E-state index is 4.43. The van der Waals surface area contributed by atoms with E-state index in [1.54, 1.807) is 0 Å². The molecule has 0 fully saturated rings. The minimum Gasteiger partial charge on any atom is -0.310 e. The molecule has 1 N–H and O–H groups in total. The van der Waals surface area contributed by atoms with Gasteiger partial charge in [-0.25, -0.2) is 0 Å². The molecule has 0 saturated carbocycles. The van der Waals surface area contributed by atoms with Crippen molar-refractivity contribution in [1.82, 2.24) is 10.3 Å². The molecule has 1 atom stereocenters. The van der Waals surface area contributed by atoms with E-state index in [9.17, 15) is 0 Å². The Morgan fingerprint density at radius 1 is 1.33 bits per heavy atom. The highest BCUT2D eigenvalue weighted by Gasteiger charge is 2.10. The number of hydrogen-bond acceptors (Lipinski definition) is 3. The summed E-state index contributed by atoms with van der Waals surface area (Å²) in [7, 11) is 0. The predicted molar refractivity (Wildman–Crippen MR) is 81.2 cm³/mol. The monoisotopic (exact) mass is 260 g/mol. The van der Waals surface area contributed by atoms with Crippen LogP contribution in [0.2, 0.25) is 0 Å². The minimum atomic E-state index is 0.439. The van der Waals surface area contributed by atoms with Crippen LogP contribution in [-0.4, -0.2) is 23.5 Å². The Morgan fingerprint density at radius 2 is 2.22 bits per heavy atom. The summed E-state index contributed by atoms with van der Waals surface area (Å²) < 4.78 is 0. The van der Waals surface area contributed by atoms with Gasteiger partial charge in [0, 0.05) is 17.6 Å². The van der Waals surface area contributed by atoms with Crippen LogP contribution in [0.1, 0.15) is 24.9 Å². The molecule has 3 heteroatoms. The maximum absolute atomic E-state index is 4.43. The van der Waals surface area contributed by atoms with Crippen LogP contribution in [0.5, 0.6) is 0 Å². The molecule has 0 amide bonds. The third-order valence-electron chi connectivity index (χ3n) is 3.09. The number of thioether (sulfide) groups is 1. The van der Waals surface area contributed by atoms with Crippen LogP contribution >= 0.6 is 11.8 Å². The third-order valence-corrected chi connectivity index (χ3v) is 3.74. The lowest BCUT2D eigenvalue weighted by atomic mass is 10.0. The Balaban J connectivity index is 2.25. The molecule has 1 aromatic heterocycles. The lowest BCUT2D eigenvalue weighted by molar-refractivity contribution is 0.541. The normalized spacial score (nSPS) is 12.8. The van der Waals surface area contributed by atoms with Gasteiger partial charge >= 0.3 is 0 Å². The largest absolute Gasteiger partial charge is 0.310 e. The van der Waals surface area contributed by atoms with Crippen molar-refractivity contribution in [2.75, 3.05) is 18.6 Å². The van der Waals surface area contributed by atoms with Gasteiger partial charge in [-0.2, -0.15) is 11.8 Å². The zero-order valence-corrected chi connectivity index (χ0v) is 11.8. The van der Waals surface area contributed by atoms with Crippen LogP contribution in [0.25, 0.3) is 10.9 Å². The van der Waals surface area contributed by atoms with Crippen LogP contribution in [0, 0.1) is 0 Å². The SMILES string of the molecule is CCNC(CCSC)c1ccc2cccnc2c1. The first kappa shape index (κ1) is 13.4. The summed E-state index contributed by atoms with van der Waals surface area (Å²) in [6.07, 6.45) is 5.18. The molecule has 18 heavy (non-hydrogen) atoms. The van der Waals surface area contributed by atoms with Crippen molar-refractivity contribution in [3.8, 4) is 0 Å². The van der Waals surface area contributed by atoms with Gasteiger partial charge in [0.2, 0.25) is 0 Å². The lowest BCUT2D eigenvalue weighted by Gasteiger charge is -2.18. The Kier molecular flexibility index (Phi) is 5.02. The lowest BCUT2D eigenvalue weighted by Crippen LogP contribution is -2.21. The van der Waals surface area contributed by atoms with Crippen molar-refractivity contribution in [1.29, 1.82) is 0 Å². The summed E-state index contributed by atoms with van der Waals surface area (Å²) in [6, 6.07) is 11.1. The Bertz CT molecular complexity index is 499. The van der Waals surface area contributed by atoms with Gasteiger partial charge in [-0.3, -0.25) is 4.98 Å². The molecule has 0 saturated heterocycles. The van der Waals surface area contributed by atoms with Crippen LogP contribution in [0.4, 0.5) is 0 Å². The number of nitrogens with one attached hydrogen (secondary N) is 1. The molecule has 1 aromatic carbocycles. The van der Waals surface area contributed by atoms with Gasteiger partial charge in [-0.15, -0.1) is 0 Å². The Hall–Kier alpha value is -1.06. The maximum Gasteiger partial charge on any atom is 0.0705 e. The Morgan fingerprint density at radius 3 is 3.00 bits per heavy atom. The molecular weight excluding hydrogens is 240 g/mol. The van der Waals surface area contributed by atoms with Crippen molar-refractivity contribution >= 4 is 22.7 Å². The average molecular weight is 260 g/mol. The van der Waals surface area contributed by atoms with E-state index in [2.05, 4.69) is 47.7 Å². The third kappa shape index (κ3) is 3.24. The fourth-order valence-electron chi connectivity index (χ4n) is 2.17. The van der Waals surface area contributed by atoms with E-state index >= 15 is 0 Å². The van der Waals surface area contributed by atoms with Crippen LogP contribution in [0.15, 0.2) is 36.5 Å². The minimum absolute atomic E-state index is 0.439. The summed E-state index contributed by atoms with van der Waals surface area (Å²) in [5.74, 6) is 1.18. The molecule has 0 aliphatic carbocycles. The highest BCUT2D eigenvalue weighted by molar-refractivity contribution is 7.98. The molecule has 2 rings (SSSR count). The molecule has 1 heterocycles. The van der Waals surface area contributed by atoms with Gasteiger partial charge in [0.05, 0.1) is 5.52 Å². The predicted octanol–water partition coefficient (Wildman–Crippen LogP) is 3.64. The summed E-state index contributed by atoms with van der Waals surface area (Å²) in [4.78, 5) is 4.43. The molecule has 2 nitrogen and oxygen atoms in total. The highest BCUT2D eigenvalue weighted by Crippen LogP contribution is 2.22. The number of nitrogens with zero attached hydrogens (tertiary/aromatic N) is 1. The zero-order chi connectivity index (χ0) is 12.8. The average Bonchev–Trinajstić information content (AvgIpc) is 2.43. The van der Waals surface area contributed by atoms with E-state index in [-0.39, 0.29) is 0 Å². The summed E-state index contributed by atoms with van der Waals surface area (Å²) in [6.45, 7) is 3.16. The van der Waals surface area contributed by atoms with Gasteiger partial charge < -0.3 is 5.32 Å². The van der Waals surface area contributed by atoms with Gasteiger partial charge in [-0.05, 0) is 42.7 Å². The van der Waals surface area contributed by atoms with Gasteiger partial charge in [0.25, 0.3) is 0 Å². The molecular formula is C15H20N2S. The second-order valence-electron chi connectivity index (χ2n) is 4.35. The number of fused-ring (bicyclic) bond motifs is 1. The molecule has 0 aliphatic rings. The quantitative estimate of drug-likeness (QED) is 0.858. The van der Waals surface area contributed by atoms with Crippen LogP contribution < -0.4 is 5.32 Å². The summed E-state index contributed by atoms with van der Waals surface area (Å²) in [5.41, 5.74) is 2.43.